The Balaban J connectivity index is 1.81. The van der Waals surface area contributed by atoms with Gasteiger partial charge >= 0.3 is 5.97 Å². The van der Waals surface area contributed by atoms with Crippen LogP contribution in [0.5, 0.6) is 5.75 Å². The molecular formula is C17H16ClNO6S. The second-order valence-electron chi connectivity index (χ2n) is 5.28. The molecule has 0 atom stereocenters. The summed E-state index contributed by atoms with van der Waals surface area (Å²) < 4.78 is 34.6. The molecule has 2 rings (SSSR count). The average Bonchev–Trinajstić information content (AvgIpc) is 2.57. The summed E-state index contributed by atoms with van der Waals surface area (Å²) in [6.45, 7) is -0.804. The fourth-order valence-electron chi connectivity index (χ4n) is 1.91. The van der Waals surface area contributed by atoms with Gasteiger partial charge in [-0.25, -0.2) is 13.2 Å². The van der Waals surface area contributed by atoms with Crippen molar-refractivity contribution >= 4 is 39.1 Å². The highest BCUT2D eigenvalue weighted by Gasteiger charge is 2.11. The molecule has 26 heavy (non-hydrogen) atoms. The number of sulfonamides is 1. The molecule has 0 aliphatic carbocycles. The molecule has 2 aromatic carbocycles. The van der Waals surface area contributed by atoms with Crippen molar-refractivity contribution in [2.75, 3.05) is 24.2 Å². The fraction of sp³-hybridized carbons (Fsp3) is 0.176. The lowest BCUT2D eigenvalue weighted by atomic mass is 10.1. The normalized spacial score (nSPS) is 10.8. The van der Waals surface area contributed by atoms with Crippen LogP contribution in [0.25, 0.3) is 0 Å². The first-order chi connectivity index (χ1) is 12.2. The van der Waals surface area contributed by atoms with Gasteiger partial charge in [-0.3, -0.25) is 9.52 Å². The number of nitrogens with one attached hydrogen (secondary N) is 1. The molecule has 9 heteroatoms. The van der Waals surface area contributed by atoms with E-state index in [1.165, 1.54) is 24.3 Å². The molecule has 0 amide bonds. The largest absolute Gasteiger partial charge is 0.482 e. The Hall–Kier alpha value is -2.58. The Bertz CT molecular complexity index is 896. The van der Waals surface area contributed by atoms with Gasteiger partial charge in [-0.15, -0.1) is 0 Å². The van der Waals surface area contributed by atoms with Crippen molar-refractivity contribution < 1.29 is 27.5 Å². The molecular weight excluding hydrogens is 382 g/mol. The number of anilines is 1. The Morgan fingerprint density at radius 1 is 1.08 bits per heavy atom. The molecule has 0 saturated heterocycles. The van der Waals surface area contributed by atoms with E-state index >= 15 is 0 Å². The third-order valence-electron chi connectivity index (χ3n) is 3.03. The summed E-state index contributed by atoms with van der Waals surface area (Å²) in [5.41, 5.74) is 0.614. The highest BCUT2D eigenvalue weighted by molar-refractivity contribution is 7.92. The topological polar surface area (TPSA) is 98.8 Å². The molecule has 2 aromatic rings. The van der Waals surface area contributed by atoms with Crippen LogP contribution < -0.4 is 9.46 Å². The van der Waals surface area contributed by atoms with Gasteiger partial charge in [0.05, 0.1) is 6.26 Å². The van der Waals surface area contributed by atoms with E-state index in [9.17, 15) is 18.0 Å². The first kappa shape index (κ1) is 19.7. The van der Waals surface area contributed by atoms with Crippen LogP contribution in [0, 0.1) is 0 Å². The van der Waals surface area contributed by atoms with Crippen LogP contribution in [0.15, 0.2) is 48.5 Å². The SMILES string of the molecule is CS(=O)(=O)Nc1ccc(C(=O)COC(=O)COc2cccc(Cl)c2)cc1. The van der Waals surface area contributed by atoms with Gasteiger partial charge in [0, 0.05) is 16.3 Å². The van der Waals surface area contributed by atoms with Gasteiger partial charge in [-0.2, -0.15) is 0 Å². The van der Waals surface area contributed by atoms with Gasteiger partial charge < -0.3 is 9.47 Å². The minimum atomic E-state index is -3.39. The lowest BCUT2D eigenvalue weighted by Crippen LogP contribution is -2.19. The van der Waals surface area contributed by atoms with Crippen LogP contribution in [0.3, 0.4) is 0 Å². The summed E-state index contributed by atoms with van der Waals surface area (Å²) in [7, 11) is -3.39. The molecule has 0 fully saturated rings. The smallest absolute Gasteiger partial charge is 0.344 e. The van der Waals surface area contributed by atoms with Crippen molar-refractivity contribution in [1.29, 1.82) is 0 Å². The zero-order valence-corrected chi connectivity index (χ0v) is 15.3. The zero-order chi connectivity index (χ0) is 19.2. The molecule has 0 bridgehead atoms. The summed E-state index contributed by atoms with van der Waals surface area (Å²) in [4.78, 5) is 23.6. The van der Waals surface area contributed by atoms with E-state index in [1.54, 1.807) is 24.3 Å². The summed E-state index contributed by atoms with van der Waals surface area (Å²) in [5.74, 6) is -0.713. The number of ketones is 1. The van der Waals surface area contributed by atoms with Crippen LogP contribution in [-0.2, 0) is 19.6 Å². The van der Waals surface area contributed by atoms with Crippen molar-refractivity contribution in [1.82, 2.24) is 0 Å². The molecule has 7 nitrogen and oxygen atoms in total. The number of carbonyl (C=O) groups is 2. The minimum Gasteiger partial charge on any atom is -0.482 e. The lowest BCUT2D eigenvalue weighted by molar-refractivity contribution is -0.144. The van der Waals surface area contributed by atoms with E-state index in [4.69, 9.17) is 21.1 Å². The number of rotatable bonds is 8. The van der Waals surface area contributed by atoms with Crippen LogP contribution in [-0.4, -0.2) is 39.6 Å². The number of carbonyl (C=O) groups excluding carboxylic acids is 2. The van der Waals surface area contributed by atoms with E-state index in [0.717, 1.165) is 6.26 Å². The Kier molecular flexibility index (Phi) is 6.59. The molecule has 0 aliphatic rings. The van der Waals surface area contributed by atoms with Gasteiger partial charge in [0.1, 0.15) is 5.75 Å². The molecule has 138 valence electrons. The maximum absolute atomic E-state index is 12.0. The van der Waals surface area contributed by atoms with Crippen LogP contribution in [0.4, 0.5) is 5.69 Å². The number of halogens is 1. The van der Waals surface area contributed by atoms with Gasteiger partial charge in [-0.1, -0.05) is 17.7 Å². The molecule has 0 unspecified atom stereocenters. The van der Waals surface area contributed by atoms with Crippen molar-refractivity contribution in [3.8, 4) is 5.75 Å². The molecule has 0 spiro atoms. The van der Waals surface area contributed by atoms with E-state index < -0.39 is 28.4 Å². The zero-order valence-electron chi connectivity index (χ0n) is 13.8. The number of hydrogen-bond acceptors (Lipinski definition) is 6. The molecule has 0 saturated carbocycles. The quantitative estimate of drug-likeness (QED) is 0.542. The number of benzene rings is 2. The average molecular weight is 398 g/mol. The summed E-state index contributed by atoms with van der Waals surface area (Å²) in [6.07, 6.45) is 1.02. The number of ether oxygens (including phenoxy) is 2. The molecule has 0 aromatic heterocycles. The van der Waals surface area contributed by atoms with E-state index in [1.807, 2.05) is 0 Å². The second-order valence-corrected chi connectivity index (χ2v) is 7.47. The standard InChI is InChI=1S/C17H16ClNO6S/c1-26(22,23)19-14-7-5-12(6-8-14)16(20)10-25-17(21)11-24-15-4-2-3-13(18)9-15/h2-9,19H,10-11H2,1H3. The van der Waals surface area contributed by atoms with Gasteiger partial charge in [0.2, 0.25) is 10.0 Å². The Morgan fingerprint density at radius 2 is 1.77 bits per heavy atom. The summed E-state index contributed by atoms with van der Waals surface area (Å²) >= 11 is 5.80. The van der Waals surface area contributed by atoms with Gasteiger partial charge in [0.15, 0.2) is 19.0 Å². The second kappa shape index (κ2) is 8.68. The number of esters is 1. The third kappa shape index (κ3) is 6.73. The Labute approximate surface area is 155 Å². The van der Waals surface area contributed by atoms with E-state index in [2.05, 4.69) is 4.72 Å². The summed E-state index contributed by atoms with van der Waals surface area (Å²) in [6, 6.07) is 12.3. The van der Waals surface area contributed by atoms with Gasteiger partial charge in [-0.05, 0) is 42.5 Å². The van der Waals surface area contributed by atoms with Crippen LogP contribution >= 0.6 is 11.6 Å². The molecule has 1 N–H and O–H groups in total. The fourth-order valence-corrected chi connectivity index (χ4v) is 2.65. The maximum Gasteiger partial charge on any atom is 0.344 e. The maximum atomic E-state index is 12.0. The first-order valence-electron chi connectivity index (χ1n) is 7.38. The predicted molar refractivity (Wildman–Crippen MR) is 97.1 cm³/mol. The minimum absolute atomic E-state index is 0.285. The van der Waals surface area contributed by atoms with Crippen LogP contribution in [0.1, 0.15) is 10.4 Å². The third-order valence-corrected chi connectivity index (χ3v) is 3.87. The lowest BCUT2D eigenvalue weighted by Gasteiger charge is -2.08. The van der Waals surface area contributed by atoms with Crippen molar-refractivity contribution in [2.24, 2.45) is 0 Å². The van der Waals surface area contributed by atoms with Crippen LogP contribution in [0.2, 0.25) is 5.02 Å². The number of hydrogen-bond donors (Lipinski definition) is 1. The monoisotopic (exact) mass is 397 g/mol. The van der Waals surface area contributed by atoms with E-state index in [-0.39, 0.29) is 12.2 Å². The molecule has 0 aliphatic heterocycles. The first-order valence-corrected chi connectivity index (χ1v) is 9.65. The Morgan fingerprint density at radius 3 is 2.38 bits per heavy atom. The van der Waals surface area contributed by atoms with Crippen molar-refractivity contribution in [3.63, 3.8) is 0 Å². The number of Topliss-reactive ketones (excluding diaryl/α,β-unsaturated/α-hetero) is 1. The summed E-state index contributed by atoms with van der Waals surface area (Å²) in [5, 5.41) is 0.472. The van der Waals surface area contributed by atoms with Crippen molar-refractivity contribution in [3.05, 3.63) is 59.1 Å². The van der Waals surface area contributed by atoms with Crippen molar-refractivity contribution in [2.45, 2.75) is 0 Å². The van der Waals surface area contributed by atoms with E-state index in [0.29, 0.717) is 16.5 Å². The predicted octanol–water partition coefficient (Wildman–Crippen LogP) is 2.52. The van der Waals surface area contributed by atoms with Gasteiger partial charge in [0.25, 0.3) is 0 Å². The highest BCUT2D eigenvalue weighted by atomic mass is 35.5. The highest BCUT2D eigenvalue weighted by Crippen LogP contribution is 2.17. The molecule has 0 heterocycles. The molecule has 0 radical (unpaired) electrons.